The monoisotopic (exact) mass is 431 g/mol. The molecular formula is C19H17ClF3NO3S. The van der Waals surface area contributed by atoms with Gasteiger partial charge in [-0.2, -0.15) is 13.2 Å². The standard InChI is InChI=1S/C19H17ClF3NO3S/c1-11(18(25)24-15-5-3-2-4-13(15)19(21,22)23)28-10-12-8-14(20)17-16(9-12)26-6-7-27-17/h2-5,8-9,11H,6-7,10H2,1H3,(H,24,25). The molecule has 0 radical (unpaired) electrons. The zero-order valence-corrected chi connectivity index (χ0v) is 16.4. The number of anilines is 1. The zero-order valence-electron chi connectivity index (χ0n) is 14.8. The van der Waals surface area contributed by atoms with Crippen LogP contribution in [-0.2, 0) is 16.7 Å². The molecule has 0 bridgehead atoms. The molecule has 0 saturated carbocycles. The van der Waals surface area contributed by atoms with Crippen molar-refractivity contribution >= 4 is 35.0 Å². The van der Waals surface area contributed by atoms with Crippen LogP contribution >= 0.6 is 23.4 Å². The van der Waals surface area contributed by atoms with E-state index < -0.39 is 22.9 Å². The van der Waals surface area contributed by atoms with Crippen LogP contribution < -0.4 is 14.8 Å². The summed E-state index contributed by atoms with van der Waals surface area (Å²) in [4.78, 5) is 12.3. The molecule has 4 nitrogen and oxygen atoms in total. The molecule has 1 atom stereocenters. The summed E-state index contributed by atoms with van der Waals surface area (Å²) in [7, 11) is 0. The maximum atomic E-state index is 13.1. The molecule has 1 aliphatic rings. The molecule has 0 spiro atoms. The normalized spacial score (nSPS) is 14.5. The van der Waals surface area contributed by atoms with Crippen LogP contribution in [0.2, 0.25) is 5.02 Å². The fourth-order valence-corrected chi connectivity index (χ4v) is 3.73. The molecule has 1 aliphatic heterocycles. The number of carbonyl (C=O) groups is 1. The van der Waals surface area contributed by atoms with Crippen molar-refractivity contribution in [3.63, 3.8) is 0 Å². The minimum Gasteiger partial charge on any atom is -0.486 e. The minimum atomic E-state index is -4.54. The van der Waals surface area contributed by atoms with E-state index in [1.807, 2.05) is 0 Å². The predicted molar refractivity (Wildman–Crippen MR) is 103 cm³/mol. The number of thioether (sulfide) groups is 1. The highest BCUT2D eigenvalue weighted by molar-refractivity contribution is 7.99. The van der Waals surface area contributed by atoms with E-state index in [2.05, 4.69) is 5.32 Å². The molecule has 0 saturated heterocycles. The summed E-state index contributed by atoms with van der Waals surface area (Å²) in [5.41, 5.74) is -0.302. The van der Waals surface area contributed by atoms with Crippen molar-refractivity contribution in [1.82, 2.24) is 0 Å². The van der Waals surface area contributed by atoms with Gasteiger partial charge >= 0.3 is 6.18 Å². The van der Waals surface area contributed by atoms with Crippen molar-refractivity contribution in [3.05, 3.63) is 52.5 Å². The van der Waals surface area contributed by atoms with Crippen molar-refractivity contribution in [2.24, 2.45) is 0 Å². The number of ether oxygens (including phenoxy) is 2. The van der Waals surface area contributed by atoms with E-state index in [9.17, 15) is 18.0 Å². The number of para-hydroxylation sites is 1. The SMILES string of the molecule is CC(SCc1cc(Cl)c2c(c1)OCCO2)C(=O)Nc1ccccc1C(F)(F)F. The zero-order chi connectivity index (χ0) is 20.3. The van der Waals surface area contributed by atoms with E-state index in [0.717, 1.165) is 11.6 Å². The van der Waals surface area contributed by atoms with Crippen LogP contribution in [0.1, 0.15) is 18.1 Å². The third kappa shape index (κ3) is 4.86. The summed E-state index contributed by atoms with van der Waals surface area (Å²) in [6, 6.07) is 8.41. The number of fused-ring (bicyclic) bond motifs is 1. The highest BCUT2D eigenvalue weighted by Gasteiger charge is 2.33. The van der Waals surface area contributed by atoms with E-state index in [0.29, 0.717) is 35.5 Å². The van der Waals surface area contributed by atoms with Crippen LogP contribution in [0, 0.1) is 0 Å². The quantitative estimate of drug-likeness (QED) is 0.689. The van der Waals surface area contributed by atoms with Gasteiger partial charge < -0.3 is 14.8 Å². The number of carbonyl (C=O) groups excluding carboxylic acids is 1. The predicted octanol–water partition coefficient (Wildman–Crippen LogP) is 5.39. The van der Waals surface area contributed by atoms with Crippen molar-refractivity contribution < 1.29 is 27.4 Å². The Morgan fingerprint density at radius 1 is 1.25 bits per heavy atom. The third-order valence-corrected chi connectivity index (χ3v) is 5.51. The molecule has 0 aliphatic carbocycles. The highest BCUT2D eigenvalue weighted by atomic mass is 35.5. The lowest BCUT2D eigenvalue weighted by Gasteiger charge is -2.20. The first kappa shape index (κ1) is 20.7. The molecule has 150 valence electrons. The van der Waals surface area contributed by atoms with Crippen molar-refractivity contribution in [2.75, 3.05) is 18.5 Å². The second-order valence-corrected chi connectivity index (χ2v) is 7.82. The number of amides is 1. The number of hydrogen-bond acceptors (Lipinski definition) is 4. The van der Waals surface area contributed by atoms with E-state index in [1.165, 1.54) is 30.0 Å². The molecular weight excluding hydrogens is 415 g/mol. The van der Waals surface area contributed by atoms with Gasteiger partial charge in [-0.05, 0) is 36.8 Å². The van der Waals surface area contributed by atoms with Gasteiger partial charge in [-0.1, -0.05) is 23.7 Å². The Labute approximate surface area is 169 Å². The average molecular weight is 432 g/mol. The molecule has 2 aromatic carbocycles. The lowest BCUT2D eigenvalue weighted by atomic mass is 10.1. The molecule has 0 aromatic heterocycles. The molecule has 1 amide bonds. The Balaban J connectivity index is 1.64. The number of benzene rings is 2. The molecule has 28 heavy (non-hydrogen) atoms. The van der Waals surface area contributed by atoms with Gasteiger partial charge in [0.25, 0.3) is 0 Å². The van der Waals surface area contributed by atoms with E-state index in [4.69, 9.17) is 21.1 Å². The Hall–Kier alpha value is -2.06. The van der Waals surface area contributed by atoms with Crippen LogP contribution in [0.3, 0.4) is 0 Å². The number of hydrogen-bond donors (Lipinski definition) is 1. The van der Waals surface area contributed by atoms with Crippen LogP contribution in [0.15, 0.2) is 36.4 Å². The smallest absolute Gasteiger partial charge is 0.418 e. The Kier molecular flexibility index (Phi) is 6.30. The van der Waals surface area contributed by atoms with Crippen LogP contribution in [0.5, 0.6) is 11.5 Å². The first-order valence-corrected chi connectivity index (χ1v) is 9.85. The van der Waals surface area contributed by atoms with Gasteiger partial charge in [0, 0.05) is 5.75 Å². The van der Waals surface area contributed by atoms with E-state index in [-0.39, 0.29) is 5.69 Å². The molecule has 1 heterocycles. The maximum absolute atomic E-state index is 13.1. The first-order chi connectivity index (χ1) is 13.3. The number of rotatable bonds is 5. The maximum Gasteiger partial charge on any atom is 0.418 e. The van der Waals surface area contributed by atoms with Gasteiger partial charge in [-0.25, -0.2) is 0 Å². The molecule has 3 rings (SSSR count). The van der Waals surface area contributed by atoms with Gasteiger partial charge in [-0.15, -0.1) is 11.8 Å². The number of halogens is 4. The molecule has 1 N–H and O–H groups in total. The lowest BCUT2D eigenvalue weighted by Crippen LogP contribution is -2.24. The summed E-state index contributed by atoms with van der Waals surface area (Å²) < 4.78 is 50.1. The number of alkyl halides is 3. The minimum absolute atomic E-state index is 0.255. The average Bonchev–Trinajstić information content (AvgIpc) is 2.65. The fraction of sp³-hybridized carbons (Fsp3) is 0.316. The van der Waals surface area contributed by atoms with Gasteiger partial charge in [0.2, 0.25) is 5.91 Å². The summed E-state index contributed by atoms with van der Waals surface area (Å²) in [5, 5.41) is 2.21. The summed E-state index contributed by atoms with van der Waals surface area (Å²) >= 11 is 7.47. The molecule has 9 heteroatoms. The van der Waals surface area contributed by atoms with Crippen LogP contribution in [-0.4, -0.2) is 24.4 Å². The van der Waals surface area contributed by atoms with Crippen molar-refractivity contribution in [2.45, 2.75) is 24.1 Å². The van der Waals surface area contributed by atoms with Crippen LogP contribution in [0.25, 0.3) is 0 Å². The van der Waals surface area contributed by atoms with Gasteiger partial charge in [0.1, 0.15) is 13.2 Å². The number of nitrogens with one attached hydrogen (secondary N) is 1. The molecule has 0 fully saturated rings. The Morgan fingerprint density at radius 2 is 1.96 bits per heavy atom. The largest absolute Gasteiger partial charge is 0.486 e. The first-order valence-electron chi connectivity index (χ1n) is 8.42. The van der Waals surface area contributed by atoms with Crippen molar-refractivity contribution in [3.8, 4) is 11.5 Å². The summed E-state index contributed by atoms with van der Waals surface area (Å²) in [6.45, 7) is 2.49. The summed E-state index contributed by atoms with van der Waals surface area (Å²) in [6.07, 6.45) is -4.54. The molecule has 2 aromatic rings. The Morgan fingerprint density at radius 3 is 2.71 bits per heavy atom. The van der Waals surface area contributed by atoms with Crippen LogP contribution in [0.4, 0.5) is 18.9 Å². The van der Waals surface area contributed by atoms with Gasteiger partial charge in [0.05, 0.1) is 21.5 Å². The van der Waals surface area contributed by atoms with E-state index in [1.54, 1.807) is 19.1 Å². The molecule has 1 unspecified atom stereocenters. The van der Waals surface area contributed by atoms with Gasteiger partial charge in [-0.3, -0.25) is 4.79 Å². The summed E-state index contributed by atoms with van der Waals surface area (Å²) in [5.74, 6) is 0.971. The van der Waals surface area contributed by atoms with E-state index >= 15 is 0 Å². The van der Waals surface area contributed by atoms with Gasteiger partial charge in [0.15, 0.2) is 11.5 Å². The fourth-order valence-electron chi connectivity index (χ4n) is 2.62. The lowest BCUT2D eigenvalue weighted by molar-refractivity contribution is -0.137. The Bertz CT molecular complexity index is 876. The second-order valence-electron chi connectivity index (χ2n) is 6.09. The topological polar surface area (TPSA) is 47.6 Å². The highest BCUT2D eigenvalue weighted by Crippen LogP contribution is 2.39. The third-order valence-electron chi connectivity index (χ3n) is 4.02. The second kappa shape index (κ2) is 8.53. The van der Waals surface area contributed by atoms with Crippen molar-refractivity contribution in [1.29, 1.82) is 0 Å².